The van der Waals surface area contributed by atoms with Gasteiger partial charge in [0.05, 0.1) is 12.2 Å². The molecule has 28 heavy (non-hydrogen) atoms. The van der Waals surface area contributed by atoms with Crippen LogP contribution in [0.1, 0.15) is 47.5 Å². The van der Waals surface area contributed by atoms with Crippen molar-refractivity contribution in [1.29, 1.82) is 0 Å². The van der Waals surface area contributed by atoms with Crippen molar-refractivity contribution >= 4 is 5.91 Å². The zero-order valence-electron chi connectivity index (χ0n) is 16.2. The van der Waals surface area contributed by atoms with Gasteiger partial charge in [0.15, 0.2) is 0 Å². The largest absolute Gasteiger partial charge is 0.395 e. The third-order valence-electron chi connectivity index (χ3n) is 6.39. The van der Waals surface area contributed by atoms with E-state index in [1.54, 1.807) is 24.5 Å². The number of pyridine rings is 1. The summed E-state index contributed by atoms with van der Waals surface area (Å²) >= 11 is 0. The standard InChI is InChI=1S/C23H29N3O2/c27-16-21-22(18-9-2-1-3-10-18)20(26(21)15-17-7-4-5-8-17)14-25-23(28)19-11-6-12-24-13-19/h1-3,6,9-13,17,20-22,27H,4-5,7-8,14-16H2,(H,25,28)/t20-,21-,22-/m0/s1. The van der Waals surface area contributed by atoms with Gasteiger partial charge in [-0.05, 0) is 36.5 Å². The summed E-state index contributed by atoms with van der Waals surface area (Å²) < 4.78 is 0. The predicted octanol–water partition coefficient (Wildman–Crippen LogP) is 2.83. The molecule has 1 saturated heterocycles. The molecule has 0 unspecified atom stereocenters. The summed E-state index contributed by atoms with van der Waals surface area (Å²) in [5.74, 6) is 0.859. The van der Waals surface area contributed by atoms with Gasteiger partial charge in [0, 0.05) is 43.5 Å². The average molecular weight is 380 g/mol. The van der Waals surface area contributed by atoms with Gasteiger partial charge in [-0.3, -0.25) is 14.7 Å². The molecule has 2 N–H and O–H groups in total. The molecular weight excluding hydrogens is 350 g/mol. The number of aliphatic hydroxyl groups excluding tert-OH is 1. The highest BCUT2D eigenvalue weighted by Crippen LogP contribution is 2.42. The van der Waals surface area contributed by atoms with Crippen LogP contribution in [0, 0.1) is 5.92 Å². The lowest BCUT2D eigenvalue weighted by atomic mass is 9.74. The van der Waals surface area contributed by atoms with Gasteiger partial charge in [-0.1, -0.05) is 43.2 Å². The van der Waals surface area contributed by atoms with Crippen LogP contribution >= 0.6 is 0 Å². The minimum atomic E-state index is -0.0897. The number of carbonyl (C=O) groups excluding carboxylic acids is 1. The maximum Gasteiger partial charge on any atom is 0.252 e. The number of aromatic nitrogens is 1. The van der Waals surface area contributed by atoms with E-state index in [0.717, 1.165) is 6.54 Å². The summed E-state index contributed by atoms with van der Waals surface area (Å²) in [7, 11) is 0. The molecule has 2 aromatic rings. The number of nitrogens with zero attached hydrogens (tertiary/aromatic N) is 2. The highest BCUT2D eigenvalue weighted by atomic mass is 16.3. The minimum Gasteiger partial charge on any atom is -0.395 e. The first kappa shape index (κ1) is 19.1. The van der Waals surface area contributed by atoms with Gasteiger partial charge in [0.25, 0.3) is 5.91 Å². The van der Waals surface area contributed by atoms with Crippen LogP contribution in [0.5, 0.6) is 0 Å². The topological polar surface area (TPSA) is 65.5 Å². The van der Waals surface area contributed by atoms with Crippen molar-refractivity contribution in [3.05, 3.63) is 66.0 Å². The fourth-order valence-electron chi connectivity index (χ4n) is 4.95. The van der Waals surface area contributed by atoms with Crippen molar-refractivity contribution in [2.45, 2.75) is 43.7 Å². The second-order valence-corrected chi connectivity index (χ2v) is 8.05. The van der Waals surface area contributed by atoms with Gasteiger partial charge in [-0.25, -0.2) is 0 Å². The molecule has 1 aromatic heterocycles. The Morgan fingerprint density at radius 3 is 2.57 bits per heavy atom. The highest BCUT2D eigenvalue weighted by molar-refractivity contribution is 5.93. The molecule has 1 aliphatic carbocycles. The summed E-state index contributed by atoms with van der Waals surface area (Å²) in [6.45, 7) is 1.75. The number of nitrogens with one attached hydrogen (secondary N) is 1. The number of amides is 1. The number of aliphatic hydroxyl groups is 1. The molecule has 0 radical (unpaired) electrons. The SMILES string of the molecule is O=C(NC[C@H]1[C@H](c2ccccc2)[C@H](CO)N1CC1CCCC1)c1cccnc1. The third kappa shape index (κ3) is 3.96. The van der Waals surface area contributed by atoms with Crippen molar-refractivity contribution in [2.24, 2.45) is 5.92 Å². The lowest BCUT2D eigenvalue weighted by molar-refractivity contribution is -0.0506. The van der Waals surface area contributed by atoms with E-state index in [-0.39, 0.29) is 30.5 Å². The van der Waals surface area contributed by atoms with Crippen molar-refractivity contribution in [2.75, 3.05) is 19.7 Å². The molecule has 3 atom stereocenters. The van der Waals surface area contributed by atoms with Crippen molar-refractivity contribution in [3.8, 4) is 0 Å². The van der Waals surface area contributed by atoms with Gasteiger partial charge in [0.2, 0.25) is 0 Å². The molecule has 1 aromatic carbocycles. The van der Waals surface area contributed by atoms with E-state index in [9.17, 15) is 9.90 Å². The summed E-state index contributed by atoms with van der Waals surface area (Å²) in [6.07, 6.45) is 8.44. The van der Waals surface area contributed by atoms with Gasteiger partial charge in [0.1, 0.15) is 0 Å². The second-order valence-electron chi connectivity index (χ2n) is 8.05. The van der Waals surface area contributed by atoms with Crippen LogP contribution in [0.2, 0.25) is 0 Å². The first-order chi connectivity index (χ1) is 13.8. The Balaban J connectivity index is 1.49. The summed E-state index contributed by atoms with van der Waals surface area (Å²) in [5.41, 5.74) is 1.82. The second kappa shape index (κ2) is 8.84. The molecule has 4 rings (SSSR count). The van der Waals surface area contributed by atoms with E-state index in [0.29, 0.717) is 18.0 Å². The minimum absolute atomic E-state index is 0.0897. The number of likely N-dealkylation sites (tertiary alicyclic amines) is 1. The van der Waals surface area contributed by atoms with Crippen LogP contribution < -0.4 is 5.32 Å². The summed E-state index contributed by atoms with van der Waals surface area (Å²) in [4.78, 5) is 19.0. The molecule has 2 fully saturated rings. The maximum absolute atomic E-state index is 12.5. The Labute approximate surface area is 166 Å². The van der Waals surface area contributed by atoms with E-state index >= 15 is 0 Å². The normalized spacial score (nSPS) is 25.4. The molecule has 2 heterocycles. The molecule has 1 aliphatic heterocycles. The van der Waals surface area contributed by atoms with E-state index in [4.69, 9.17) is 0 Å². The maximum atomic E-state index is 12.5. The number of hydrogen-bond acceptors (Lipinski definition) is 4. The van der Waals surface area contributed by atoms with Crippen LogP contribution in [0.25, 0.3) is 0 Å². The van der Waals surface area contributed by atoms with Crippen LogP contribution in [0.15, 0.2) is 54.9 Å². The molecule has 0 spiro atoms. The van der Waals surface area contributed by atoms with Crippen molar-refractivity contribution in [3.63, 3.8) is 0 Å². The Morgan fingerprint density at radius 2 is 1.89 bits per heavy atom. The molecule has 1 saturated carbocycles. The first-order valence-corrected chi connectivity index (χ1v) is 10.4. The zero-order valence-corrected chi connectivity index (χ0v) is 16.2. The smallest absolute Gasteiger partial charge is 0.252 e. The van der Waals surface area contributed by atoms with Crippen LogP contribution in [-0.4, -0.2) is 52.7 Å². The van der Waals surface area contributed by atoms with Crippen LogP contribution in [0.4, 0.5) is 0 Å². The number of benzene rings is 1. The van der Waals surface area contributed by atoms with Gasteiger partial charge in [-0.2, -0.15) is 0 Å². The molecule has 5 heteroatoms. The number of hydrogen-bond donors (Lipinski definition) is 2. The Kier molecular flexibility index (Phi) is 6.03. The van der Waals surface area contributed by atoms with E-state index in [2.05, 4.69) is 39.5 Å². The van der Waals surface area contributed by atoms with E-state index in [1.165, 1.54) is 31.2 Å². The predicted molar refractivity (Wildman–Crippen MR) is 109 cm³/mol. The molecule has 5 nitrogen and oxygen atoms in total. The Morgan fingerprint density at radius 1 is 1.11 bits per heavy atom. The van der Waals surface area contributed by atoms with E-state index in [1.807, 2.05) is 6.07 Å². The Hall–Kier alpha value is -2.24. The lowest BCUT2D eigenvalue weighted by Crippen LogP contribution is -2.67. The third-order valence-corrected chi connectivity index (χ3v) is 6.39. The van der Waals surface area contributed by atoms with Crippen LogP contribution in [-0.2, 0) is 0 Å². The monoisotopic (exact) mass is 379 g/mol. The van der Waals surface area contributed by atoms with Gasteiger partial charge >= 0.3 is 0 Å². The first-order valence-electron chi connectivity index (χ1n) is 10.4. The Bertz CT molecular complexity index is 762. The van der Waals surface area contributed by atoms with Gasteiger partial charge in [-0.15, -0.1) is 0 Å². The van der Waals surface area contributed by atoms with Gasteiger partial charge < -0.3 is 10.4 Å². The quantitative estimate of drug-likeness (QED) is 0.776. The van der Waals surface area contributed by atoms with Crippen molar-refractivity contribution < 1.29 is 9.90 Å². The summed E-state index contributed by atoms with van der Waals surface area (Å²) in [6, 6.07) is 14.3. The zero-order chi connectivity index (χ0) is 19.3. The molecule has 1 amide bonds. The fraction of sp³-hybridized carbons (Fsp3) is 0.478. The highest BCUT2D eigenvalue weighted by Gasteiger charge is 2.49. The number of rotatable bonds is 7. The molecule has 2 aliphatic rings. The fourth-order valence-corrected chi connectivity index (χ4v) is 4.95. The summed E-state index contributed by atoms with van der Waals surface area (Å²) in [5, 5.41) is 13.2. The molecular formula is C23H29N3O2. The van der Waals surface area contributed by atoms with Crippen LogP contribution in [0.3, 0.4) is 0 Å². The number of carbonyl (C=O) groups is 1. The molecule has 0 bridgehead atoms. The average Bonchev–Trinajstić information content (AvgIpc) is 3.25. The molecule has 148 valence electrons. The lowest BCUT2D eigenvalue weighted by Gasteiger charge is -2.56. The van der Waals surface area contributed by atoms with E-state index < -0.39 is 0 Å². The van der Waals surface area contributed by atoms with Crippen molar-refractivity contribution in [1.82, 2.24) is 15.2 Å².